The van der Waals surface area contributed by atoms with E-state index in [9.17, 15) is 5.21 Å². The van der Waals surface area contributed by atoms with Crippen molar-refractivity contribution in [3.8, 4) is 0 Å². The minimum atomic E-state index is -0.426. The van der Waals surface area contributed by atoms with Gasteiger partial charge in [0.05, 0.1) is 24.4 Å². The average Bonchev–Trinajstić information content (AvgIpc) is 3.49. The van der Waals surface area contributed by atoms with E-state index in [2.05, 4.69) is 34.5 Å². The number of methoxy groups -OCH3 is 1. The first-order valence-electron chi connectivity index (χ1n) is 17.2. The van der Waals surface area contributed by atoms with Gasteiger partial charge in [0.15, 0.2) is 0 Å². The number of hydrogen-bond acceptors (Lipinski definition) is 9. The molecule has 8 N–H and O–H groups in total. The number of fused-ring (bicyclic) bond motifs is 1. The molecule has 3 heterocycles. The standard InChI is InChI=1S/C32H58N7O2/c1-3-24(33)22-16-26-32(14-7-4-8-15-32)27(21-12-9-13-21)28(36-17-22)29(31(34)37-26)39(40)38-25-19-35-18-23(30(25)41-2)20-10-5-6-11-20/h18,20-22,24-31,35-38H,3-17,19,33-34H2,1-2H3/q-1/t22?,24-,25?,26?,27?,28?,29?,30?,31?/m1/s1. The second kappa shape index (κ2) is 13.1. The lowest BCUT2D eigenvalue weighted by Crippen LogP contribution is -2.68. The summed E-state index contributed by atoms with van der Waals surface area (Å²) in [5, 5.41) is 27.1. The lowest BCUT2D eigenvalue weighted by Gasteiger charge is -2.58. The van der Waals surface area contributed by atoms with Crippen LogP contribution >= 0.6 is 0 Å². The largest absolute Gasteiger partial charge is 0.771 e. The van der Waals surface area contributed by atoms with Crippen LogP contribution in [0.1, 0.15) is 96.8 Å². The molecule has 6 aliphatic rings. The summed E-state index contributed by atoms with van der Waals surface area (Å²) in [7, 11) is 1.79. The van der Waals surface area contributed by atoms with Crippen LogP contribution in [0.15, 0.2) is 11.8 Å². The topological polar surface area (TPSA) is 136 Å². The molecule has 9 nitrogen and oxygen atoms in total. The Kier molecular flexibility index (Phi) is 9.64. The Hall–Kier alpha value is -0.780. The number of ether oxygens (including phenoxy) is 1. The van der Waals surface area contributed by atoms with Crippen molar-refractivity contribution < 1.29 is 4.74 Å². The number of hydrogen-bond donors (Lipinski definition) is 6. The van der Waals surface area contributed by atoms with E-state index < -0.39 is 12.2 Å². The van der Waals surface area contributed by atoms with E-state index in [0.29, 0.717) is 36.3 Å². The molecule has 0 radical (unpaired) electrons. The molecule has 234 valence electrons. The van der Waals surface area contributed by atoms with E-state index in [4.69, 9.17) is 16.2 Å². The fourth-order valence-corrected chi connectivity index (χ4v) is 10.1. The highest BCUT2D eigenvalue weighted by atomic mass is 16.5. The number of nitrogens with one attached hydrogen (secondary N) is 4. The first-order chi connectivity index (χ1) is 20.0. The summed E-state index contributed by atoms with van der Waals surface area (Å²) in [6, 6.07) is -0.0835. The zero-order valence-corrected chi connectivity index (χ0v) is 25.7. The molecular formula is C32H58N7O2-. The van der Waals surface area contributed by atoms with Gasteiger partial charge < -0.3 is 37.2 Å². The Morgan fingerprint density at radius 1 is 1.10 bits per heavy atom. The Morgan fingerprint density at radius 2 is 1.85 bits per heavy atom. The summed E-state index contributed by atoms with van der Waals surface area (Å²) in [5.74, 6) is 2.02. The molecule has 3 aliphatic carbocycles. The molecule has 3 saturated carbocycles. The molecule has 0 amide bonds. The van der Waals surface area contributed by atoms with Crippen molar-refractivity contribution in [3.63, 3.8) is 0 Å². The van der Waals surface area contributed by atoms with E-state index in [1.165, 1.54) is 82.6 Å². The van der Waals surface area contributed by atoms with Crippen LogP contribution in [-0.2, 0) is 4.74 Å². The second-order valence-corrected chi connectivity index (χ2v) is 14.5. The van der Waals surface area contributed by atoms with Crippen LogP contribution < -0.4 is 32.8 Å². The maximum Gasteiger partial charge on any atom is 0.0984 e. The van der Waals surface area contributed by atoms with Gasteiger partial charge in [-0.3, -0.25) is 10.7 Å². The highest BCUT2D eigenvalue weighted by Crippen LogP contribution is 2.57. The molecule has 6 rings (SSSR count). The normalized spacial score (nSPS) is 40.9. The van der Waals surface area contributed by atoms with Gasteiger partial charge in [-0.1, -0.05) is 58.3 Å². The van der Waals surface area contributed by atoms with E-state index in [-0.39, 0.29) is 29.6 Å². The molecule has 0 aromatic heterocycles. The number of hydroxylamine groups is 1. The molecule has 0 aromatic rings. The van der Waals surface area contributed by atoms with Crippen LogP contribution in [0.2, 0.25) is 0 Å². The Labute approximate surface area is 248 Å². The summed E-state index contributed by atoms with van der Waals surface area (Å²) >= 11 is 0. The number of rotatable bonds is 8. The summed E-state index contributed by atoms with van der Waals surface area (Å²) in [5.41, 5.74) is 18.7. The highest BCUT2D eigenvalue weighted by molar-refractivity contribution is 5.20. The van der Waals surface area contributed by atoms with Crippen molar-refractivity contribution in [2.24, 2.45) is 40.6 Å². The lowest BCUT2D eigenvalue weighted by atomic mass is 9.52. The predicted molar refractivity (Wildman–Crippen MR) is 164 cm³/mol. The third-order valence-electron chi connectivity index (χ3n) is 12.5. The molecule has 9 heteroatoms. The third-order valence-corrected chi connectivity index (χ3v) is 12.5. The molecule has 1 spiro atoms. The van der Waals surface area contributed by atoms with E-state index >= 15 is 0 Å². The highest BCUT2D eigenvalue weighted by Gasteiger charge is 2.58. The zero-order valence-electron chi connectivity index (χ0n) is 25.7. The van der Waals surface area contributed by atoms with E-state index in [1.807, 2.05) is 0 Å². The molecule has 5 fully saturated rings. The van der Waals surface area contributed by atoms with Crippen LogP contribution in [-0.4, -0.2) is 67.9 Å². The lowest BCUT2D eigenvalue weighted by molar-refractivity contribution is -0.0504. The summed E-state index contributed by atoms with van der Waals surface area (Å²) in [4.78, 5) is 0. The van der Waals surface area contributed by atoms with Gasteiger partial charge >= 0.3 is 0 Å². The smallest absolute Gasteiger partial charge is 0.0984 e. The van der Waals surface area contributed by atoms with Crippen molar-refractivity contribution in [2.45, 2.75) is 139 Å². The van der Waals surface area contributed by atoms with Crippen molar-refractivity contribution in [1.29, 1.82) is 0 Å². The summed E-state index contributed by atoms with van der Waals surface area (Å²) in [6.45, 7) is 3.72. The third kappa shape index (κ3) is 5.75. The summed E-state index contributed by atoms with van der Waals surface area (Å²) < 4.78 is 6.09. The fourth-order valence-electron chi connectivity index (χ4n) is 10.1. The van der Waals surface area contributed by atoms with Crippen LogP contribution in [0.4, 0.5) is 0 Å². The van der Waals surface area contributed by atoms with Gasteiger partial charge in [-0.05, 0) is 85.9 Å². The van der Waals surface area contributed by atoms with E-state index in [0.717, 1.165) is 24.6 Å². The molecular weight excluding hydrogens is 514 g/mol. The second-order valence-electron chi connectivity index (χ2n) is 14.5. The van der Waals surface area contributed by atoms with Crippen molar-refractivity contribution in [2.75, 3.05) is 20.2 Å². The SMILES string of the molecule is CC[C@@H](N)C1CNC2C(N([O-])NC3CNC=C(C4CCCC4)C3OC)C(N)NC(C1)C1(CCCCC1)C2C1CCC1. The van der Waals surface area contributed by atoms with Gasteiger partial charge in [-0.25, -0.2) is 0 Å². The average molecular weight is 573 g/mol. The molecule has 9 atom stereocenters. The van der Waals surface area contributed by atoms with Gasteiger partial charge in [0, 0.05) is 31.8 Å². The molecule has 41 heavy (non-hydrogen) atoms. The number of nitrogens with zero attached hydrogens (tertiary/aromatic N) is 1. The van der Waals surface area contributed by atoms with E-state index in [1.54, 1.807) is 7.11 Å². The Morgan fingerprint density at radius 3 is 2.51 bits per heavy atom. The first kappa shape index (κ1) is 30.3. The first-order valence-corrected chi connectivity index (χ1v) is 17.2. The van der Waals surface area contributed by atoms with Crippen LogP contribution in [0, 0.1) is 34.3 Å². The minimum absolute atomic E-state index is 0.0187. The van der Waals surface area contributed by atoms with Gasteiger partial charge in [-0.15, -0.1) is 0 Å². The maximum absolute atomic E-state index is 14.5. The van der Waals surface area contributed by atoms with Gasteiger partial charge in [0.25, 0.3) is 0 Å². The molecule has 3 aliphatic heterocycles. The molecule has 0 aromatic carbocycles. The summed E-state index contributed by atoms with van der Waals surface area (Å²) in [6.07, 6.45) is 18.8. The van der Waals surface area contributed by atoms with Crippen LogP contribution in [0.3, 0.4) is 0 Å². The molecule has 8 unspecified atom stereocenters. The number of nitrogens with two attached hydrogens (primary N) is 2. The van der Waals surface area contributed by atoms with Crippen molar-refractivity contribution >= 4 is 0 Å². The molecule has 2 saturated heterocycles. The monoisotopic (exact) mass is 572 g/mol. The van der Waals surface area contributed by atoms with Gasteiger partial charge in [0.2, 0.25) is 0 Å². The quantitative estimate of drug-likeness (QED) is 0.243. The minimum Gasteiger partial charge on any atom is -0.771 e. The van der Waals surface area contributed by atoms with Gasteiger partial charge in [0.1, 0.15) is 0 Å². The fraction of sp³-hybridized carbons (Fsp3) is 0.938. The molecule has 2 bridgehead atoms. The van der Waals surface area contributed by atoms with Crippen LogP contribution in [0.25, 0.3) is 0 Å². The zero-order chi connectivity index (χ0) is 28.6. The van der Waals surface area contributed by atoms with Crippen molar-refractivity contribution in [3.05, 3.63) is 17.0 Å². The Balaban J connectivity index is 1.31. The maximum atomic E-state index is 14.5. The number of hydrazine groups is 1. The Bertz CT molecular complexity index is 887. The van der Waals surface area contributed by atoms with Crippen molar-refractivity contribution in [1.82, 2.24) is 26.5 Å². The predicted octanol–water partition coefficient (Wildman–Crippen LogP) is 3.06. The van der Waals surface area contributed by atoms with Crippen LogP contribution in [0.5, 0.6) is 0 Å². The van der Waals surface area contributed by atoms with Gasteiger partial charge in [-0.2, -0.15) is 0 Å².